The van der Waals surface area contributed by atoms with Gasteiger partial charge in [-0.2, -0.15) is 0 Å². The van der Waals surface area contributed by atoms with Crippen LogP contribution in [0.15, 0.2) is 18.6 Å². The molecule has 5 nitrogen and oxygen atoms in total. The molecule has 0 unspecified atom stereocenters. The van der Waals surface area contributed by atoms with Crippen molar-refractivity contribution in [3.8, 4) is 0 Å². The number of rotatable bonds is 5. The van der Waals surface area contributed by atoms with E-state index in [1.807, 2.05) is 11.9 Å². The van der Waals surface area contributed by atoms with Crippen molar-refractivity contribution >= 4 is 5.97 Å². The molecule has 15 heavy (non-hydrogen) atoms. The second kappa shape index (κ2) is 6.08. The van der Waals surface area contributed by atoms with Crippen molar-refractivity contribution in [3.05, 3.63) is 24.3 Å². The van der Waals surface area contributed by atoms with Crippen LogP contribution in [0.2, 0.25) is 0 Å². The first-order chi connectivity index (χ1) is 7.22. The summed E-state index contributed by atoms with van der Waals surface area (Å²) >= 11 is 0. The van der Waals surface area contributed by atoms with Gasteiger partial charge in [-0.15, -0.1) is 0 Å². The fourth-order valence-electron chi connectivity index (χ4n) is 1.17. The molecule has 1 heterocycles. The lowest BCUT2D eigenvalue weighted by Gasteiger charge is -2.14. The van der Waals surface area contributed by atoms with Crippen LogP contribution in [0.5, 0.6) is 0 Å². The Morgan fingerprint density at radius 1 is 1.53 bits per heavy atom. The molecule has 0 aromatic carbocycles. The van der Waals surface area contributed by atoms with Crippen LogP contribution in [0.1, 0.15) is 12.6 Å². The molecular weight excluding hydrogens is 194 g/mol. The van der Waals surface area contributed by atoms with Gasteiger partial charge in [0.2, 0.25) is 0 Å². The smallest absolute Gasteiger partial charge is 0.320 e. The number of esters is 1. The summed E-state index contributed by atoms with van der Waals surface area (Å²) in [6.45, 7) is 3.06. The molecule has 0 aliphatic carbocycles. The number of carbonyl (C=O) groups excluding carboxylic acids is 1. The van der Waals surface area contributed by atoms with E-state index < -0.39 is 0 Å². The average molecular weight is 209 g/mol. The van der Waals surface area contributed by atoms with Gasteiger partial charge in [-0.1, -0.05) is 0 Å². The summed E-state index contributed by atoms with van der Waals surface area (Å²) in [5, 5.41) is 0. The Hall–Kier alpha value is -1.49. The summed E-state index contributed by atoms with van der Waals surface area (Å²) < 4.78 is 4.83. The Bertz CT molecular complexity index is 303. The van der Waals surface area contributed by atoms with Crippen LogP contribution >= 0.6 is 0 Å². The van der Waals surface area contributed by atoms with Gasteiger partial charge in [-0.05, 0) is 14.0 Å². The molecule has 0 aliphatic rings. The number of nitrogens with zero attached hydrogens (tertiary/aromatic N) is 3. The summed E-state index contributed by atoms with van der Waals surface area (Å²) in [7, 11) is 1.84. The van der Waals surface area contributed by atoms with Gasteiger partial charge in [-0.3, -0.25) is 19.7 Å². The minimum absolute atomic E-state index is 0.219. The molecule has 0 saturated heterocycles. The minimum atomic E-state index is -0.219. The Kier molecular flexibility index (Phi) is 4.70. The van der Waals surface area contributed by atoms with E-state index in [1.54, 1.807) is 25.5 Å². The topological polar surface area (TPSA) is 55.3 Å². The van der Waals surface area contributed by atoms with Gasteiger partial charge in [0.05, 0.1) is 18.8 Å². The van der Waals surface area contributed by atoms with E-state index in [9.17, 15) is 4.79 Å². The van der Waals surface area contributed by atoms with Crippen LogP contribution in [0.3, 0.4) is 0 Å². The highest BCUT2D eigenvalue weighted by Gasteiger charge is 2.07. The van der Waals surface area contributed by atoms with E-state index in [1.165, 1.54) is 0 Å². The molecule has 0 bridgehead atoms. The molecule has 0 radical (unpaired) electrons. The highest BCUT2D eigenvalue weighted by molar-refractivity contribution is 5.71. The maximum absolute atomic E-state index is 11.1. The number of carbonyl (C=O) groups is 1. The molecule has 82 valence electrons. The lowest BCUT2D eigenvalue weighted by Crippen LogP contribution is -2.27. The standard InChI is InChI=1S/C10H15N3O2/c1-3-15-10(14)8-13(2)7-9-6-11-4-5-12-9/h4-6H,3,7-8H2,1-2H3. The second-order valence-electron chi connectivity index (χ2n) is 3.17. The number of likely N-dealkylation sites (N-methyl/N-ethyl adjacent to an activating group) is 1. The molecule has 0 N–H and O–H groups in total. The normalized spacial score (nSPS) is 10.3. The largest absolute Gasteiger partial charge is 0.465 e. The highest BCUT2D eigenvalue weighted by atomic mass is 16.5. The predicted octanol–water partition coefficient (Wildman–Crippen LogP) is 0.471. The molecule has 1 rings (SSSR count). The monoisotopic (exact) mass is 209 g/mol. The third-order valence-corrected chi connectivity index (χ3v) is 1.75. The zero-order chi connectivity index (χ0) is 11.1. The lowest BCUT2D eigenvalue weighted by molar-refractivity contribution is -0.144. The zero-order valence-electron chi connectivity index (χ0n) is 9.01. The summed E-state index contributed by atoms with van der Waals surface area (Å²) in [4.78, 5) is 21.0. The van der Waals surface area contributed by atoms with Crippen molar-refractivity contribution in [2.45, 2.75) is 13.5 Å². The summed E-state index contributed by atoms with van der Waals surface area (Å²) in [5.41, 5.74) is 0.837. The van der Waals surface area contributed by atoms with E-state index in [2.05, 4.69) is 9.97 Å². The van der Waals surface area contributed by atoms with Crippen molar-refractivity contribution in [1.82, 2.24) is 14.9 Å². The average Bonchev–Trinajstić information content (AvgIpc) is 2.19. The van der Waals surface area contributed by atoms with Gasteiger partial charge < -0.3 is 4.74 Å². The van der Waals surface area contributed by atoms with Crippen LogP contribution in [-0.4, -0.2) is 41.0 Å². The molecule has 5 heteroatoms. The third kappa shape index (κ3) is 4.51. The van der Waals surface area contributed by atoms with Crippen LogP contribution in [0.4, 0.5) is 0 Å². The number of aromatic nitrogens is 2. The first-order valence-electron chi connectivity index (χ1n) is 4.81. The fraction of sp³-hybridized carbons (Fsp3) is 0.500. The fourth-order valence-corrected chi connectivity index (χ4v) is 1.17. The maximum atomic E-state index is 11.1. The van der Waals surface area contributed by atoms with Gasteiger partial charge in [-0.25, -0.2) is 0 Å². The Morgan fingerprint density at radius 3 is 2.93 bits per heavy atom. The molecule has 1 aromatic rings. The van der Waals surface area contributed by atoms with Gasteiger partial charge in [0.25, 0.3) is 0 Å². The van der Waals surface area contributed by atoms with Crippen LogP contribution in [-0.2, 0) is 16.1 Å². The number of ether oxygens (including phenoxy) is 1. The summed E-state index contributed by atoms with van der Waals surface area (Å²) in [6, 6.07) is 0. The molecule has 0 fully saturated rings. The molecular formula is C10H15N3O2. The molecule has 0 amide bonds. The summed E-state index contributed by atoms with van der Waals surface area (Å²) in [6.07, 6.45) is 4.93. The second-order valence-corrected chi connectivity index (χ2v) is 3.17. The third-order valence-electron chi connectivity index (χ3n) is 1.75. The van der Waals surface area contributed by atoms with Crippen molar-refractivity contribution < 1.29 is 9.53 Å². The van der Waals surface area contributed by atoms with Gasteiger partial charge >= 0.3 is 5.97 Å². The summed E-state index contributed by atoms with van der Waals surface area (Å²) in [5.74, 6) is -0.219. The van der Waals surface area contributed by atoms with Gasteiger partial charge in [0, 0.05) is 25.1 Å². The Balaban J connectivity index is 2.36. The lowest BCUT2D eigenvalue weighted by atomic mass is 10.4. The molecule has 1 aromatic heterocycles. The van der Waals surface area contributed by atoms with Gasteiger partial charge in [0.1, 0.15) is 0 Å². The highest BCUT2D eigenvalue weighted by Crippen LogP contribution is 1.96. The van der Waals surface area contributed by atoms with Crippen LogP contribution in [0, 0.1) is 0 Å². The Labute approximate surface area is 89.1 Å². The van der Waals surface area contributed by atoms with Crippen molar-refractivity contribution in [2.75, 3.05) is 20.2 Å². The van der Waals surface area contributed by atoms with E-state index in [4.69, 9.17) is 4.74 Å². The molecule has 0 spiro atoms. The molecule has 0 saturated carbocycles. The van der Waals surface area contributed by atoms with Gasteiger partial charge in [0.15, 0.2) is 0 Å². The van der Waals surface area contributed by atoms with Crippen LogP contribution in [0.25, 0.3) is 0 Å². The van der Waals surface area contributed by atoms with E-state index in [-0.39, 0.29) is 12.5 Å². The maximum Gasteiger partial charge on any atom is 0.320 e. The zero-order valence-corrected chi connectivity index (χ0v) is 9.01. The van der Waals surface area contributed by atoms with E-state index in [0.29, 0.717) is 13.2 Å². The van der Waals surface area contributed by atoms with Crippen molar-refractivity contribution in [2.24, 2.45) is 0 Å². The van der Waals surface area contributed by atoms with Crippen molar-refractivity contribution in [3.63, 3.8) is 0 Å². The first kappa shape index (κ1) is 11.6. The SMILES string of the molecule is CCOC(=O)CN(C)Cc1cnccn1. The van der Waals surface area contributed by atoms with E-state index >= 15 is 0 Å². The molecule has 0 atom stereocenters. The Morgan fingerprint density at radius 2 is 2.33 bits per heavy atom. The predicted molar refractivity (Wildman–Crippen MR) is 55.0 cm³/mol. The van der Waals surface area contributed by atoms with E-state index in [0.717, 1.165) is 5.69 Å². The van der Waals surface area contributed by atoms with Crippen molar-refractivity contribution in [1.29, 1.82) is 0 Å². The first-order valence-corrected chi connectivity index (χ1v) is 4.81. The molecule has 0 aliphatic heterocycles. The van der Waals surface area contributed by atoms with Crippen LogP contribution < -0.4 is 0 Å². The quantitative estimate of drug-likeness (QED) is 0.660. The number of hydrogen-bond acceptors (Lipinski definition) is 5. The minimum Gasteiger partial charge on any atom is -0.465 e. The number of hydrogen-bond donors (Lipinski definition) is 0.